The van der Waals surface area contributed by atoms with E-state index in [0.717, 1.165) is 11.8 Å². The molecule has 0 saturated carbocycles. The summed E-state index contributed by atoms with van der Waals surface area (Å²) >= 11 is 3.40. The Morgan fingerprint density at radius 3 is 2.62 bits per heavy atom. The summed E-state index contributed by atoms with van der Waals surface area (Å²) in [6, 6.07) is 0. The number of hydrogen-bond donors (Lipinski definition) is 1. The second kappa shape index (κ2) is 5.94. The zero-order valence-electron chi connectivity index (χ0n) is 9.53. The lowest BCUT2D eigenvalue weighted by Crippen LogP contribution is -2.34. The normalized spacial score (nSPS) is 11.2. The molecule has 0 aliphatic carbocycles. The first-order chi connectivity index (χ1) is 7.55. The third-order valence-corrected chi connectivity index (χ3v) is 2.72. The fourth-order valence-electron chi connectivity index (χ4n) is 1.18. The van der Waals surface area contributed by atoms with Gasteiger partial charge < -0.3 is 5.32 Å². The molecule has 1 aromatic rings. The highest BCUT2D eigenvalue weighted by Gasteiger charge is 2.18. The molecule has 1 N–H and O–H groups in total. The molecule has 0 aromatic carbocycles. The minimum atomic E-state index is -0.122. The Bertz CT molecular complexity index is 340. The number of rotatable bonds is 5. The van der Waals surface area contributed by atoms with Crippen molar-refractivity contribution in [2.75, 3.05) is 11.9 Å². The molecular weight excluding hydrogens is 270 g/mol. The minimum absolute atomic E-state index is 0.0921. The van der Waals surface area contributed by atoms with Gasteiger partial charge in [-0.3, -0.25) is 4.79 Å². The lowest BCUT2D eigenvalue weighted by molar-refractivity contribution is 0.0935. The van der Waals surface area contributed by atoms with Gasteiger partial charge in [0.15, 0.2) is 0 Å². The summed E-state index contributed by atoms with van der Waals surface area (Å²) in [6.45, 7) is 4.89. The van der Waals surface area contributed by atoms with Crippen LogP contribution >= 0.6 is 15.9 Å². The molecule has 0 aliphatic heterocycles. The molecule has 88 valence electrons. The smallest absolute Gasteiger partial charge is 0.254 e. The maximum Gasteiger partial charge on any atom is 0.254 e. The predicted molar refractivity (Wildman–Crippen MR) is 66.6 cm³/mol. The zero-order valence-corrected chi connectivity index (χ0v) is 11.1. The molecule has 16 heavy (non-hydrogen) atoms. The molecule has 1 aromatic heterocycles. The van der Waals surface area contributed by atoms with Crippen molar-refractivity contribution in [1.29, 1.82) is 0 Å². The van der Waals surface area contributed by atoms with Crippen molar-refractivity contribution in [3.05, 3.63) is 24.3 Å². The van der Waals surface area contributed by atoms with E-state index in [2.05, 4.69) is 45.1 Å². The first-order valence-corrected chi connectivity index (χ1v) is 6.26. The molecule has 0 bridgehead atoms. The standard InChI is InChI=1S/C11H16BrN3O/c1-11(2,3-4-12)7-15-10(16)9-5-13-8-14-6-9/h5-6,8H,3-4,7H2,1-2H3,(H,15,16). The van der Waals surface area contributed by atoms with Gasteiger partial charge in [-0.1, -0.05) is 29.8 Å². The molecule has 0 saturated heterocycles. The molecule has 5 heteroatoms. The Labute approximate surface area is 104 Å². The number of nitrogens with zero attached hydrogens (tertiary/aromatic N) is 2. The van der Waals surface area contributed by atoms with Gasteiger partial charge in [-0.25, -0.2) is 9.97 Å². The van der Waals surface area contributed by atoms with E-state index >= 15 is 0 Å². The first kappa shape index (κ1) is 13.1. The van der Waals surface area contributed by atoms with Gasteiger partial charge in [0, 0.05) is 24.3 Å². The van der Waals surface area contributed by atoms with Crippen LogP contribution in [0.1, 0.15) is 30.6 Å². The number of halogens is 1. The van der Waals surface area contributed by atoms with Crippen LogP contribution in [0.3, 0.4) is 0 Å². The predicted octanol–water partition coefficient (Wildman–Crippen LogP) is 2.02. The van der Waals surface area contributed by atoms with Crippen molar-refractivity contribution in [1.82, 2.24) is 15.3 Å². The highest BCUT2D eigenvalue weighted by atomic mass is 79.9. The Balaban J connectivity index is 2.48. The summed E-state index contributed by atoms with van der Waals surface area (Å²) in [4.78, 5) is 19.3. The quantitative estimate of drug-likeness (QED) is 0.842. The van der Waals surface area contributed by atoms with E-state index in [-0.39, 0.29) is 11.3 Å². The monoisotopic (exact) mass is 285 g/mol. The van der Waals surface area contributed by atoms with Crippen molar-refractivity contribution in [3.63, 3.8) is 0 Å². The summed E-state index contributed by atoms with van der Waals surface area (Å²) in [7, 11) is 0. The summed E-state index contributed by atoms with van der Waals surface area (Å²) in [5, 5.41) is 3.82. The zero-order chi connectivity index (χ0) is 12.0. The third kappa shape index (κ3) is 4.26. The molecule has 1 rings (SSSR count). The van der Waals surface area contributed by atoms with E-state index in [0.29, 0.717) is 12.1 Å². The second-order valence-corrected chi connectivity index (χ2v) is 5.21. The number of carbonyl (C=O) groups is 1. The SMILES string of the molecule is CC(C)(CCBr)CNC(=O)c1cncnc1. The van der Waals surface area contributed by atoms with Crippen molar-refractivity contribution in [2.24, 2.45) is 5.41 Å². The van der Waals surface area contributed by atoms with Crippen LogP contribution in [-0.4, -0.2) is 27.7 Å². The average Bonchev–Trinajstić information content (AvgIpc) is 2.27. The molecule has 0 aliphatic rings. The molecule has 0 unspecified atom stereocenters. The van der Waals surface area contributed by atoms with Gasteiger partial charge in [-0.15, -0.1) is 0 Å². The fraction of sp³-hybridized carbons (Fsp3) is 0.545. The van der Waals surface area contributed by atoms with Gasteiger partial charge in [-0.05, 0) is 11.8 Å². The highest BCUT2D eigenvalue weighted by Crippen LogP contribution is 2.19. The number of carbonyl (C=O) groups excluding carboxylic acids is 1. The molecule has 1 heterocycles. The Kier molecular flexibility index (Phi) is 4.86. The van der Waals surface area contributed by atoms with Crippen LogP contribution in [0.2, 0.25) is 0 Å². The molecule has 0 spiro atoms. The number of nitrogens with one attached hydrogen (secondary N) is 1. The number of hydrogen-bond acceptors (Lipinski definition) is 3. The molecular formula is C11H16BrN3O. The van der Waals surface area contributed by atoms with Crippen LogP contribution in [0, 0.1) is 5.41 Å². The molecule has 0 fully saturated rings. The molecule has 0 radical (unpaired) electrons. The topological polar surface area (TPSA) is 54.9 Å². The van der Waals surface area contributed by atoms with E-state index in [9.17, 15) is 4.79 Å². The minimum Gasteiger partial charge on any atom is -0.351 e. The van der Waals surface area contributed by atoms with E-state index in [1.807, 2.05) is 0 Å². The van der Waals surface area contributed by atoms with Crippen LogP contribution in [0.4, 0.5) is 0 Å². The molecule has 4 nitrogen and oxygen atoms in total. The largest absolute Gasteiger partial charge is 0.351 e. The number of amides is 1. The van der Waals surface area contributed by atoms with Crippen molar-refractivity contribution in [3.8, 4) is 0 Å². The van der Waals surface area contributed by atoms with Crippen LogP contribution in [0.15, 0.2) is 18.7 Å². The van der Waals surface area contributed by atoms with Crippen molar-refractivity contribution < 1.29 is 4.79 Å². The Morgan fingerprint density at radius 2 is 2.06 bits per heavy atom. The van der Waals surface area contributed by atoms with E-state index < -0.39 is 0 Å². The summed E-state index contributed by atoms with van der Waals surface area (Å²) in [5.41, 5.74) is 0.589. The molecule has 0 atom stereocenters. The van der Waals surface area contributed by atoms with Crippen molar-refractivity contribution >= 4 is 21.8 Å². The highest BCUT2D eigenvalue weighted by molar-refractivity contribution is 9.09. The molecule has 1 amide bonds. The van der Waals surface area contributed by atoms with E-state index in [4.69, 9.17) is 0 Å². The van der Waals surface area contributed by atoms with E-state index in [1.54, 1.807) is 0 Å². The number of alkyl halides is 1. The van der Waals surface area contributed by atoms with Crippen LogP contribution in [0.25, 0.3) is 0 Å². The maximum atomic E-state index is 11.7. The van der Waals surface area contributed by atoms with Crippen LogP contribution < -0.4 is 5.32 Å². The lowest BCUT2D eigenvalue weighted by atomic mass is 9.90. The average molecular weight is 286 g/mol. The van der Waals surface area contributed by atoms with Gasteiger partial charge in [0.2, 0.25) is 0 Å². The van der Waals surface area contributed by atoms with E-state index in [1.165, 1.54) is 18.7 Å². The number of aromatic nitrogens is 2. The van der Waals surface area contributed by atoms with Gasteiger partial charge in [0.05, 0.1) is 5.56 Å². The van der Waals surface area contributed by atoms with Crippen LogP contribution in [0.5, 0.6) is 0 Å². The van der Waals surface area contributed by atoms with Gasteiger partial charge in [0.1, 0.15) is 6.33 Å². The first-order valence-electron chi connectivity index (χ1n) is 5.14. The summed E-state index contributed by atoms with van der Waals surface area (Å²) < 4.78 is 0. The van der Waals surface area contributed by atoms with Crippen molar-refractivity contribution in [2.45, 2.75) is 20.3 Å². The Morgan fingerprint density at radius 1 is 1.44 bits per heavy atom. The summed E-state index contributed by atoms with van der Waals surface area (Å²) in [5.74, 6) is -0.122. The maximum absolute atomic E-state index is 11.7. The Hall–Kier alpha value is -0.970. The third-order valence-electron chi connectivity index (χ3n) is 2.32. The second-order valence-electron chi connectivity index (χ2n) is 4.41. The van der Waals surface area contributed by atoms with Gasteiger partial charge >= 0.3 is 0 Å². The fourth-order valence-corrected chi connectivity index (χ4v) is 2.26. The van der Waals surface area contributed by atoms with Crippen LogP contribution in [-0.2, 0) is 0 Å². The van der Waals surface area contributed by atoms with Gasteiger partial charge in [0.25, 0.3) is 5.91 Å². The summed E-state index contributed by atoms with van der Waals surface area (Å²) in [6.07, 6.45) is 5.45. The van der Waals surface area contributed by atoms with Gasteiger partial charge in [-0.2, -0.15) is 0 Å². The lowest BCUT2D eigenvalue weighted by Gasteiger charge is -2.23.